The van der Waals surface area contributed by atoms with Crippen LogP contribution in [0.1, 0.15) is 29.8 Å². The van der Waals surface area contributed by atoms with E-state index >= 15 is 0 Å². The molecular weight excluding hydrogens is 398 g/mol. The molecule has 1 amide bonds. The number of piperazine rings is 1. The smallest absolute Gasteiger partial charge is 0.253 e. The lowest BCUT2D eigenvalue weighted by Gasteiger charge is -2.33. The van der Waals surface area contributed by atoms with Gasteiger partial charge < -0.3 is 9.80 Å². The van der Waals surface area contributed by atoms with Gasteiger partial charge in [-0.2, -0.15) is 4.31 Å². The molecule has 0 unspecified atom stereocenters. The van der Waals surface area contributed by atoms with Gasteiger partial charge in [0, 0.05) is 55.9 Å². The fraction of sp³-hybridized carbons (Fsp3) is 0.348. The monoisotopic (exact) mass is 427 g/mol. The Labute approximate surface area is 179 Å². The highest BCUT2D eigenvalue weighted by Crippen LogP contribution is 2.18. The largest absolute Gasteiger partial charge is 0.372 e. The highest BCUT2D eigenvalue weighted by Gasteiger charge is 2.27. The summed E-state index contributed by atoms with van der Waals surface area (Å²) in [4.78, 5) is 16.8. The molecule has 1 heterocycles. The van der Waals surface area contributed by atoms with Gasteiger partial charge >= 0.3 is 0 Å². The predicted octanol–water partition coefficient (Wildman–Crippen LogP) is 3.29. The molecule has 0 spiro atoms. The molecule has 1 saturated heterocycles. The van der Waals surface area contributed by atoms with Crippen molar-refractivity contribution in [3.8, 4) is 0 Å². The number of benzene rings is 2. The topological polar surface area (TPSA) is 60.9 Å². The molecule has 3 rings (SSSR count). The Morgan fingerprint density at radius 2 is 1.53 bits per heavy atom. The van der Waals surface area contributed by atoms with Crippen molar-refractivity contribution in [2.45, 2.75) is 13.8 Å². The number of rotatable bonds is 7. The van der Waals surface area contributed by atoms with Crippen LogP contribution in [0.4, 0.5) is 5.69 Å². The van der Waals surface area contributed by atoms with Gasteiger partial charge in [0.15, 0.2) is 0 Å². The summed E-state index contributed by atoms with van der Waals surface area (Å²) < 4.78 is 26.6. The van der Waals surface area contributed by atoms with E-state index in [0.29, 0.717) is 31.7 Å². The van der Waals surface area contributed by atoms with Gasteiger partial charge in [-0.3, -0.25) is 4.79 Å². The van der Waals surface area contributed by atoms with E-state index in [4.69, 9.17) is 0 Å². The first kappa shape index (κ1) is 22.1. The van der Waals surface area contributed by atoms with Crippen molar-refractivity contribution in [1.82, 2.24) is 9.21 Å². The molecule has 2 aromatic rings. The molecule has 1 fully saturated rings. The van der Waals surface area contributed by atoms with Gasteiger partial charge in [-0.05, 0) is 49.8 Å². The molecule has 7 heteroatoms. The summed E-state index contributed by atoms with van der Waals surface area (Å²) in [6.45, 7) is 7.40. The third-order valence-electron chi connectivity index (χ3n) is 5.36. The predicted molar refractivity (Wildman–Crippen MR) is 122 cm³/mol. The summed E-state index contributed by atoms with van der Waals surface area (Å²) in [5.74, 6) is -0.0574. The highest BCUT2D eigenvalue weighted by atomic mass is 32.2. The second kappa shape index (κ2) is 9.91. The second-order valence-corrected chi connectivity index (χ2v) is 8.99. The number of sulfonamides is 1. The standard InChI is InChI=1S/C23H29N3O3S/c1-3-24(4-2)22-12-10-21(11-13-22)23(27)25-15-17-26(18-16-25)30(28,29)19-14-20-8-6-5-7-9-20/h5-14,19H,3-4,15-18H2,1-2H3/b19-14+. The van der Waals surface area contributed by atoms with Gasteiger partial charge in [0.05, 0.1) is 0 Å². The molecule has 0 bridgehead atoms. The summed E-state index contributed by atoms with van der Waals surface area (Å²) in [7, 11) is -3.51. The molecule has 0 N–H and O–H groups in total. The van der Waals surface area contributed by atoms with Gasteiger partial charge in [0.1, 0.15) is 0 Å². The zero-order valence-corrected chi connectivity index (χ0v) is 18.4. The molecule has 1 aliphatic rings. The molecule has 0 aliphatic carbocycles. The van der Waals surface area contributed by atoms with Crippen LogP contribution < -0.4 is 4.90 Å². The minimum absolute atomic E-state index is 0.0574. The third-order valence-corrected chi connectivity index (χ3v) is 6.93. The van der Waals surface area contributed by atoms with E-state index in [-0.39, 0.29) is 5.91 Å². The number of hydrogen-bond donors (Lipinski definition) is 0. The van der Waals surface area contributed by atoms with E-state index in [1.54, 1.807) is 11.0 Å². The van der Waals surface area contributed by atoms with E-state index in [2.05, 4.69) is 18.7 Å². The van der Waals surface area contributed by atoms with Crippen molar-refractivity contribution in [1.29, 1.82) is 0 Å². The fourth-order valence-corrected chi connectivity index (χ4v) is 4.72. The number of amides is 1. The van der Waals surface area contributed by atoms with Gasteiger partial charge in [0.2, 0.25) is 10.0 Å². The van der Waals surface area contributed by atoms with Crippen molar-refractivity contribution in [2.24, 2.45) is 0 Å². The van der Waals surface area contributed by atoms with Crippen LogP contribution in [0.5, 0.6) is 0 Å². The van der Waals surface area contributed by atoms with Gasteiger partial charge in [-0.25, -0.2) is 8.42 Å². The van der Waals surface area contributed by atoms with E-state index < -0.39 is 10.0 Å². The summed E-state index contributed by atoms with van der Waals surface area (Å²) in [6, 6.07) is 17.0. The lowest BCUT2D eigenvalue weighted by Crippen LogP contribution is -2.50. The maximum Gasteiger partial charge on any atom is 0.253 e. The van der Waals surface area contributed by atoms with E-state index in [9.17, 15) is 13.2 Å². The van der Waals surface area contributed by atoms with Crippen molar-refractivity contribution < 1.29 is 13.2 Å². The van der Waals surface area contributed by atoms with Crippen LogP contribution in [-0.4, -0.2) is 62.8 Å². The summed E-state index contributed by atoms with van der Waals surface area (Å²) in [5, 5.41) is 1.24. The molecule has 6 nitrogen and oxygen atoms in total. The van der Waals surface area contributed by atoms with Crippen LogP contribution in [0.2, 0.25) is 0 Å². The van der Waals surface area contributed by atoms with Crippen molar-refractivity contribution in [3.05, 3.63) is 71.1 Å². The van der Waals surface area contributed by atoms with E-state index in [0.717, 1.165) is 24.3 Å². The van der Waals surface area contributed by atoms with Crippen molar-refractivity contribution in [3.63, 3.8) is 0 Å². The minimum Gasteiger partial charge on any atom is -0.372 e. The second-order valence-electron chi connectivity index (χ2n) is 7.17. The fourth-order valence-electron chi connectivity index (χ4n) is 3.55. The lowest BCUT2D eigenvalue weighted by atomic mass is 10.1. The number of carbonyl (C=O) groups excluding carboxylic acids is 1. The number of hydrogen-bond acceptors (Lipinski definition) is 4. The van der Waals surface area contributed by atoms with Crippen LogP contribution in [0, 0.1) is 0 Å². The molecule has 0 radical (unpaired) electrons. The summed E-state index contributed by atoms with van der Waals surface area (Å²) in [5.41, 5.74) is 2.56. The Bertz CT molecular complexity index is 961. The summed E-state index contributed by atoms with van der Waals surface area (Å²) in [6.07, 6.45) is 1.60. The molecule has 1 aliphatic heterocycles. The summed E-state index contributed by atoms with van der Waals surface area (Å²) >= 11 is 0. The van der Waals surface area contributed by atoms with Crippen LogP contribution in [0.15, 0.2) is 60.0 Å². The maximum absolute atomic E-state index is 12.8. The number of carbonyl (C=O) groups is 1. The molecule has 2 aromatic carbocycles. The Hall–Kier alpha value is -2.64. The normalized spacial score (nSPS) is 15.5. The number of anilines is 1. The maximum atomic E-state index is 12.8. The molecule has 0 aromatic heterocycles. The van der Waals surface area contributed by atoms with Crippen LogP contribution in [0.25, 0.3) is 6.08 Å². The van der Waals surface area contributed by atoms with Gasteiger partial charge in [0.25, 0.3) is 5.91 Å². The quantitative estimate of drug-likeness (QED) is 0.680. The molecule has 30 heavy (non-hydrogen) atoms. The lowest BCUT2D eigenvalue weighted by molar-refractivity contribution is 0.0698. The van der Waals surface area contributed by atoms with Gasteiger partial charge in [-0.1, -0.05) is 30.3 Å². The first-order chi connectivity index (χ1) is 14.4. The Kier molecular flexibility index (Phi) is 7.29. The van der Waals surface area contributed by atoms with Gasteiger partial charge in [-0.15, -0.1) is 0 Å². The molecular formula is C23H29N3O3S. The molecule has 160 valence electrons. The van der Waals surface area contributed by atoms with Crippen LogP contribution >= 0.6 is 0 Å². The average molecular weight is 428 g/mol. The Morgan fingerprint density at radius 3 is 2.10 bits per heavy atom. The zero-order valence-electron chi connectivity index (χ0n) is 17.6. The first-order valence-electron chi connectivity index (χ1n) is 10.3. The Morgan fingerprint density at radius 1 is 0.933 bits per heavy atom. The zero-order chi connectivity index (χ0) is 21.6. The molecule has 0 saturated carbocycles. The highest BCUT2D eigenvalue weighted by molar-refractivity contribution is 7.92. The van der Waals surface area contributed by atoms with E-state index in [1.807, 2.05) is 54.6 Å². The van der Waals surface area contributed by atoms with Crippen molar-refractivity contribution >= 4 is 27.7 Å². The van der Waals surface area contributed by atoms with E-state index in [1.165, 1.54) is 9.71 Å². The van der Waals surface area contributed by atoms with Crippen LogP contribution in [0.3, 0.4) is 0 Å². The van der Waals surface area contributed by atoms with Crippen LogP contribution in [-0.2, 0) is 10.0 Å². The Balaban J connectivity index is 1.59. The third kappa shape index (κ3) is 5.29. The molecule has 0 atom stereocenters. The minimum atomic E-state index is -3.51. The first-order valence-corrected chi connectivity index (χ1v) is 11.8. The van der Waals surface area contributed by atoms with Crippen molar-refractivity contribution in [2.75, 3.05) is 44.2 Å². The average Bonchev–Trinajstić information content (AvgIpc) is 2.79. The number of nitrogens with zero attached hydrogens (tertiary/aromatic N) is 3. The SMILES string of the molecule is CCN(CC)c1ccc(C(=O)N2CCN(S(=O)(=O)/C=C/c3ccccc3)CC2)cc1.